The molecule has 0 radical (unpaired) electrons. The van der Waals surface area contributed by atoms with Gasteiger partial charge in [0.1, 0.15) is 0 Å². The summed E-state index contributed by atoms with van der Waals surface area (Å²) in [6.07, 6.45) is 12.4. The third-order valence-electron chi connectivity index (χ3n) is 7.45. The normalized spacial score (nSPS) is 33.3. The number of hydrogen-bond donors (Lipinski definition) is 1. The topological polar surface area (TPSA) is 33.0 Å². The lowest BCUT2D eigenvalue weighted by atomic mass is 9.48. The number of carbonyl (C=O) groups excluding carboxylic acids is 1. The van der Waals surface area contributed by atoms with Crippen molar-refractivity contribution in [2.75, 3.05) is 0 Å². The minimum absolute atomic E-state index is 0.147. The van der Waals surface area contributed by atoms with Crippen LogP contribution in [0.3, 0.4) is 0 Å². The van der Waals surface area contributed by atoms with Crippen LogP contribution in [0, 0.1) is 23.2 Å². The molecule has 136 valence electrons. The maximum atomic E-state index is 12.7. The second kappa shape index (κ2) is 6.07. The molecule has 1 aromatic carbocycles. The van der Waals surface area contributed by atoms with Crippen molar-refractivity contribution in [3.05, 3.63) is 42.7 Å². The van der Waals surface area contributed by atoms with Gasteiger partial charge in [0.15, 0.2) is 12.4 Å². The zero-order valence-electron chi connectivity index (χ0n) is 15.7. The van der Waals surface area contributed by atoms with Crippen molar-refractivity contribution in [3.8, 4) is 0 Å². The summed E-state index contributed by atoms with van der Waals surface area (Å²) in [5.74, 6) is 2.93. The number of aromatic nitrogens is 1. The molecular weight excluding hydrogens is 320 g/mol. The number of carbonyl (C=O) groups is 1. The van der Waals surface area contributed by atoms with Crippen molar-refractivity contribution in [3.63, 3.8) is 0 Å². The van der Waals surface area contributed by atoms with Gasteiger partial charge in [-0.05, 0) is 80.1 Å². The Kier molecular flexibility index (Phi) is 3.80. The van der Waals surface area contributed by atoms with Gasteiger partial charge < -0.3 is 5.32 Å². The summed E-state index contributed by atoms with van der Waals surface area (Å²) >= 11 is 0. The van der Waals surface area contributed by atoms with Gasteiger partial charge in [-0.2, -0.15) is 4.57 Å². The van der Waals surface area contributed by atoms with Crippen molar-refractivity contribution in [1.29, 1.82) is 0 Å². The predicted octanol–water partition coefficient (Wildman–Crippen LogP) is 3.85. The molecule has 26 heavy (non-hydrogen) atoms. The zero-order valence-corrected chi connectivity index (χ0v) is 15.7. The van der Waals surface area contributed by atoms with E-state index < -0.39 is 0 Å². The van der Waals surface area contributed by atoms with Crippen LogP contribution in [0.25, 0.3) is 10.8 Å². The van der Waals surface area contributed by atoms with Crippen molar-refractivity contribution in [2.45, 2.75) is 58.0 Å². The standard InChI is InChI=1S/C23H28N2O/c1-16(23-11-17-8-18(12-23)10-19(9-17)13-23)24-22(26)15-25-7-6-20-4-2-3-5-21(20)14-25/h2-7,14,16-19H,8-13,15H2,1H3/p+1/t16-,17?,18?,19?,23?/m1/s1. The van der Waals surface area contributed by atoms with Gasteiger partial charge in [-0.1, -0.05) is 18.2 Å². The molecule has 2 aromatic rings. The van der Waals surface area contributed by atoms with Gasteiger partial charge in [-0.3, -0.25) is 4.79 Å². The monoisotopic (exact) mass is 349 g/mol. The van der Waals surface area contributed by atoms with Gasteiger partial charge in [-0.15, -0.1) is 0 Å². The minimum Gasteiger partial charge on any atom is -0.348 e. The molecular formula is C23H29N2O+. The summed E-state index contributed by atoms with van der Waals surface area (Å²) in [5.41, 5.74) is 0.373. The first-order valence-electron chi connectivity index (χ1n) is 10.3. The summed E-state index contributed by atoms with van der Waals surface area (Å²) in [6, 6.07) is 10.7. The van der Waals surface area contributed by atoms with Gasteiger partial charge in [0.05, 0.1) is 0 Å². The SMILES string of the molecule is C[C@@H](NC(=O)C[n+]1ccc2ccccc2c1)C12CC3CC(CC(C3)C1)C2. The number of fused-ring (bicyclic) bond motifs is 1. The number of amides is 1. The Morgan fingerprint density at radius 1 is 1.08 bits per heavy atom. The third-order valence-corrected chi connectivity index (χ3v) is 7.45. The maximum Gasteiger partial charge on any atom is 0.286 e. The van der Waals surface area contributed by atoms with Crippen molar-refractivity contribution in [1.82, 2.24) is 5.32 Å². The van der Waals surface area contributed by atoms with Crippen LogP contribution >= 0.6 is 0 Å². The summed E-state index contributed by atoms with van der Waals surface area (Å²) in [4.78, 5) is 12.7. The Hall–Kier alpha value is -1.90. The second-order valence-corrected chi connectivity index (χ2v) is 9.32. The van der Waals surface area contributed by atoms with E-state index in [2.05, 4.69) is 36.6 Å². The lowest BCUT2D eigenvalue weighted by molar-refractivity contribution is -0.683. The van der Waals surface area contributed by atoms with Crippen LogP contribution in [0.1, 0.15) is 45.4 Å². The van der Waals surface area contributed by atoms with E-state index in [-0.39, 0.29) is 5.91 Å². The quantitative estimate of drug-likeness (QED) is 0.836. The average Bonchev–Trinajstić information content (AvgIpc) is 2.60. The Morgan fingerprint density at radius 3 is 2.35 bits per heavy atom. The van der Waals surface area contributed by atoms with E-state index in [9.17, 15) is 4.79 Å². The van der Waals surface area contributed by atoms with Crippen LogP contribution in [0.15, 0.2) is 42.7 Å². The van der Waals surface area contributed by atoms with Crippen molar-refractivity contribution in [2.24, 2.45) is 23.2 Å². The fourth-order valence-corrected chi connectivity index (χ4v) is 6.59. The van der Waals surface area contributed by atoms with E-state index in [0.717, 1.165) is 17.8 Å². The highest BCUT2D eigenvalue weighted by Gasteiger charge is 2.53. The molecule has 1 amide bonds. The molecule has 6 rings (SSSR count). The highest BCUT2D eigenvalue weighted by atomic mass is 16.2. The Bertz CT molecular complexity index is 808. The molecule has 3 heteroatoms. The van der Waals surface area contributed by atoms with Gasteiger partial charge >= 0.3 is 0 Å². The van der Waals surface area contributed by atoms with Crippen molar-refractivity contribution < 1.29 is 9.36 Å². The van der Waals surface area contributed by atoms with Gasteiger partial charge in [0.2, 0.25) is 6.54 Å². The molecule has 1 heterocycles. The van der Waals surface area contributed by atoms with Gasteiger partial charge in [-0.25, -0.2) is 0 Å². The molecule has 1 N–H and O–H groups in total. The van der Waals surface area contributed by atoms with Crippen LogP contribution in [0.2, 0.25) is 0 Å². The lowest BCUT2D eigenvalue weighted by Crippen LogP contribution is -2.57. The van der Waals surface area contributed by atoms with E-state index in [1.807, 2.05) is 22.9 Å². The van der Waals surface area contributed by atoms with E-state index in [0.29, 0.717) is 18.0 Å². The molecule has 4 aliphatic rings. The van der Waals surface area contributed by atoms with Crippen LogP contribution < -0.4 is 9.88 Å². The molecule has 3 nitrogen and oxygen atoms in total. The highest BCUT2D eigenvalue weighted by molar-refractivity contribution is 5.80. The molecule has 1 atom stereocenters. The predicted molar refractivity (Wildman–Crippen MR) is 102 cm³/mol. The molecule has 1 aromatic heterocycles. The van der Waals surface area contributed by atoms with Gasteiger partial charge in [0, 0.05) is 17.5 Å². The fourth-order valence-electron chi connectivity index (χ4n) is 6.59. The average molecular weight is 349 g/mol. The Morgan fingerprint density at radius 2 is 1.69 bits per heavy atom. The number of pyridine rings is 1. The molecule has 4 fully saturated rings. The lowest BCUT2D eigenvalue weighted by Gasteiger charge is -2.59. The van der Waals surface area contributed by atoms with E-state index in [1.165, 1.54) is 49.3 Å². The van der Waals surface area contributed by atoms with E-state index in [4.69, 9.17) is 0 Å². The Labute approximate surface area is 155 Å². The molecule has 0 unspecified atom stereocenters. The molecule has 0 aliphatic heterocycles. The number of nitrogens with zero attached hydrogens (tertiary/aromatic N) is 1. The summed E-state index contributed by atoms with van der Waals surface area (Å²) in [5, 5.41) is 5.77. The number of rotatable bonds is 4. The molecule has 0 saturated heterocycles. The van der Waals surface area contributed by atoms with Crippen LogP contribution in [0.5, 0.6) is 0 Å². The smallest absolute Gasteiger partial charge is 0.286 e. The van der Waals surface area contributed by atoms with E-state index >= 15 is 0 Å². The number of benzene rings is 1. The number of hydrogen-bond acceptors (Lipinski definition) is 1. The van der Waals surface area contributed by atoms with Gasteiger partial charge in [0.25, 0.3) is 5.91 Å². The highest BCUT2D eigenvalue weighted by Crippen LogP contribution is 2.61. The minimum atomic E-state index is 0.147. The molecule has 4 saturated carbocycles. The molecule has 4 bridgehead atoms. The Balaban J connectivity index is 1.27. The summed E-state index contributed by atoms with van der Waals surface area (Å²) in [6.45, 7) is 2.66. The first kappa shape index (κ1) is 16.3. The van der Waals surface area contributed by atoms with Crippen LogP contribution in [0.4, 0.5) is 0 Å². The maximum absolute atomic E-state index is 12.7. The summed E-state index contributed by atoms with van der Waals surface area (Å²) in [7, 11) is 0. The second-order valence-electron chi connectivity index (χ2n) is 9.32. The molecule has 4 aliphatic carbocycles. The largest absolute Gasteiger partial charge is 0.348 e. The fraction of sp³-hybridized carbons (Fsp3) is 0.565. The third kappa shape index (κ3) is 2.82. The van der Waals surface area contributed by atoms with Crippen molar-refractivity contribution >= 4 is 16.7 Å². The number of nitrogens with one attached hydrogen (secondary N) is 1. The van der Waals surface area contributed by atoms with E-state index in [1.54, 1.807) is 0 Å². The van der Waals surface area contributed by atoms with Crippen LogP contribution in [-0.2, 0) is 11.3 Å². The molecule has 0 spiro atoms. The first-order valence-corrected chi connectivity index (χ1v) is 10.3. The van der Waals surface area contributed by atoms with Crippen LogP contribution in [-0.4, -0.2) is 11.9 Å². The zero-order chi connectivity index (χ0) is 17.7. The first-order chi connectivity index (χ1) is 12.6. The summed E-state index contributed by atoms with van der Waals surface area (Å²) < 4.78 is 2.00.